The van der Waals surface area contributed by atoms with Gasteiger partial charge in [0, 0.05) is 5.56 Å². The van der Waals surface area contributed by atoms with Gasteiger partial charge in [0.05, 0.1) is 36.5 Å². The minimum absolute atomic E-state index is 0.350. The quantitative estimate of drug-likeness (QED) is 0.396. The summed E-state index contributed by atoms with van der Waals surface area (Å²) in [7, 11) is 2.88. The summed E-state index contributed by atoms with van der Waals surface area (Å²) < 4.78 is 17.1. The number of hydrogen-bond donors (Lipinski definition) is 1. The molecule has 9 heteroatoms. The number of carbonyl (C=O) groups excluding carboxylic acids is 1. The van der Waals surface area contributed by atoms with Crippen LogP contribution in [0.1, 0.15) is 15.9 Å². The maximum atomic E-state index is 12.5. The fourth-order valence-corrected chi connectivity index (χ4v) is 4.02. The molecule has 0 unspecified atom stereocenters. The second-order valence-corrected chi connectivity index (χ2v) is 7.58. The summed E-state index contributed by atoms with van der Waals surface area (Å²) in [6.07, 6.45) is 0. The predicted octanol–water partition coefficient (Wildman–Crippen LogP) is 4.14. The SMILES string of the molecule is COC(=O)c1ccc(C)c2nc(OC)n(-c3ccc(-c4ccccc4-c4nc(=O)o[nH]4)cc3)c12. The van der Waals surface area contributed by atoms with E-state index in [1.807, 2.05) is 61.5 Å². The number of esters is 1. The van der Waals surface area contributed by atoms with Gasteiger partial charge in [-0.3, -0.25) is 4.57 Å². The molecule has 5 rings (SSSR count). The largest absolute Gasteiger partial charge is 0.468 e. The lowest BCUT2D eigenvalue weighted by atomic mass is 9.99. The van der Waals surface area contributed by atoms with E-state index < -0.39 is 11.7 Å². The molecule has 0 saturated carbocycles. The lowest BCUT2D eigenvalue weighted by Crippen LogP contribution is -2.06. The van der Waals surface area contributed by atoms with Gasteiger partial charge in [0.1, 0.15) is 0 Å². The number of aryl methyl sites for hydroxylation is 1. The minimum atomic E-state index is -0.684. The van der Waals surface area contributed by atoms with Crippen LogP contribution in [0, 0.1) is 6.92 Å². The number of benzene rings is 3. The molecule has 1 N–H and O–H groups in total. The number of ether oxygens (including phenoxy) is 2. The molecule has 0 aliphatic rings. The number of hydrogen-bond acceptors (Lipinski definition) is 7. The van der Waals surface area contributed by atoms with Crippen molar-refractivity contribution in [1.82, 2.24) is 19.7 Å². The summed E-state index contributed by atoms with van der Waals surface area (Å²) in [6.45, 7) is 1.93. The number of carbonyl (C=O) groups is 1. The molecular weight excluding hydrogens is 436 g/mol. The van der Waals surface area contributed by atoms with Gasteiger partial charge in [-0.2, -0.15) is 15.1 Å². The van der Waals surface area contributed by atoms with Gasteiger partial charge in [-0.1, -0.05) is 42.5 Å². The number of nitrogens with one attached hydrogen (secondary N) is 1. The first-order valence-corrected chi connectivity index (χ1v) is 10.4. The first kappa shape index (κ1) is 21.2. The fourth-order valence-electron chi connectivity index (χ4n) is 4.02. The van der Waals surface area contributed by atoms with Crippen molar-refractivity contribution in [2.45, 2.75) is 6.92 Å². The molecule has 0 radical (unpaired) electrons. The standard InChI is InChI=1S/C25H20N4O5/c1-14-8-13-19(23(30)32-2)21-20(14)26-24(33-3)29(21)16-11-9-15(10-12-16)17-6-4-5-7-18(17)22-27-25(31)34-28-22/h4-13H,1-3H3,(H,27,28,31). The molecule has 2 aromatic heterocycles. The highest BCUT2D eigenvalue weighted by Crippen LogP contribution is 2.34. The zero-order chi connectivity index (χ0) is 23.8. The molecule has 0 fully saturated rings. The van der Waals surface area contributed by atoms with Crippen molar-refractivity contribution in [3.05, 3.63) is 82.3 Å². The molecule has 0 aliphatic carbocycles. The molecule has 5 aromatic rings. The highest BCUT2D eigenvalue weighted by molar-refractivity contribution is 6.04. The van der Waals surface area contributed by atoms with Gasteiger partial charge in [-0.05, 0) is 41.8 Å². The van der Waals surface area contributed by atoms with Gasteiger partial charge in [0.15, 0.2) is 5.82 Å². The molecule has 0 spiro atoms. The topological polar surface area (TPSA) is 112 Å². The maximum Gasteiger partial charge on any atom is 0.460 e. The van der Waals surface area contributed by atoms with Crippen LogP contribution in [-0.2, 0) is 4.74 Å². The monoisotopic (exact) mass is 456 g/mol. The predicted molar refractivity (Wildman–Crippen MR) is 125 cm³/mol. The molecule has 0 saturated heterocycles. The molecule has 170 valence electrons. The Hall–Kier alpha value is -4.66. The van der Waals surface area contributed by atoms with Crippen LogP contribution in [0.25, 0.3) is 39.2 Å². The number of methoxy groups -OCH3 is 2. The second-order valence-electron chi connectivity index (χ2n) is 7.58. The number of aromatic amines is 1. The molecule has 2 heterocycles. The molecule has 0 aliphatic heterocycles. The van der Waals surface area contributed by atoms with E-state index in [4.69, 9.17) is 14.0 Å². The van der Waals surface area contributed by atoms with E-state index in [9.17, 15) is 9.59 Å². The first-order valence-electron chi connectivity index (χ1n) is 10.4. The smallest absolute Gasteiger partial charge is 0.460 e. The average Bonchev–Trinajstić information content (AvgIpc) is 3.48. The zero-order valence-electron chi connectivity index (χ0n) is 18.7. The number of fused-ring (bicyclic) bond motifs is 1. The summed E-state index contributed by atoms with van der Waals surface area (Å²) in [5.74, 6) is -0.790. The Morgan fingerprint density at radius 3 is 2.35 bits per heavy atom. The van der Waals surface area contributed by atoms with Crippen molar-refractivity contribution < 1.29 is 18.8 Å². The van der Waals surface area contributed by atoms with Gasteiger partial charge < -0.3 is 14.0 Å². The van der Waals surface area contributed by atoms with E-state index in [-0.39, 0.29) is 0 Å². The second kappa shape index (κ2) is 8.36. The van der Waals surface area contributed by atoms with Crippen LogP contribution in [0.5, 0.6) is 6.01 Å². The Morgan fingerprint density at radius 1 is 0.971 bits per heavy atom. The molecular formula is C25H20N4O5. The van der Waals surface area contributed by atoms with Crippen LogP contribution in [0.3, 0.4) is 0 Å². The lowest BCUT2D eigenvalue weighted by molar-refractivity contribution is 0.0602. The minimum Gasteiger partial charge on any atom is -0.468 e. The van der Waals surface area contributed by atoms with Crippen LogP contribution in [0.4, 0.5) is 0 Å². The number of rotatable bonds is 5. The van der Waals surface area contributed by atoms with Crippen LogP contribution in [0.15, 0.2) is 70.0 Å². The van der Waals surface area contributed by atoms with Gasteiger partial charge >= 0.3 is 17.7 Å². The number of nitrogens with zero attached hydrogens (tertiary/aromatic N) is 3. The fraction of sp³-hybridized carbons (Fsp3) is 0.120. The van der Waals surface area contributed by atoms with Gasteiger partial charge in [-0.15, -0.1) is 0 Å². The molecule has 3 aromatic carbocycles. The van der Waals surface area contributed by atoms with E-state index in [0.717, 1.165) is 27.9 Å². The highest BCUT2D eigenvalue weighted by atomic mass is 16.5. The van der Waals surface area contributed by atoms with E-state index in [1.165, 1.54) is 14.2 Å². The Labute approximate surface area is 193 Å². The normalized spacial score (nSPS) is 11.0. The van der Waals surface area contributed by atoms with Crippen LogP contribution in [-0.4, -0.2) is 39.9 Å². The third-order valence-corrected chi connectivity index (χ3v) is 5.62. The van der Waals surface area contributed by atoms with Crippen molar-refractivity contribution in [2.75, 3.05) is 14.2 Å². The Bertz CT molecular complexity index is 1580. The maximum absolute atomic E-state index is 12.5. The van der Waals surface area contributed by atoms with Crippen molar-refractivity contribution in [3.63, 3.8) is 0 Å². The summed E-state index contributed by atoms with van der Waals surface area (Å²) in [4.78, 5) is 32.4. The van der Waals surface area contributed by atoms with Crippen molar-refractivity contribution >= 4 is 17.0 Å². The number of imidazole rings is 1. The number of H-pyrrole nitrogens is 1. The summed E-state index contributed by atoms with van der Waals surface area (Å²) >= 11 is 0. The average molecular weight is 456 g/mol. The van der Waals surface area contributed by atoms with E-state index in [2.05, 4.69) is 15.1 Å². The molecule has 9 nitrogen and oxygen atoms in total. The van der Waals surface area contributed by atoms with E-state index in [0.29, 0.717) is 28.4 Å². The zero-order valence-corrected chi connectivity index (χ0v) is 18.7. The van der Waals surface area contributed by atoms with Crippen molar-refractivity contribution in [3.8, 4) is 34.2 Å². The van der Waals surface area contributed by atoms with Gasteiger partial charge in [0.25, 0.3) is 0 Å². The summed E-state index contributed by atoms with van der Waals surface area (Å²) in [5.41, 5.74) is 5.82. The van der Waals surface area contributed by atoms with Crippen LogP contribution in [0.2, 0.25) is 0 Å². The highest BCUT2D eigenvalue weighted by Gasteiger charge is 2.22. The Morgan fingerprint density at radius 2 is 1.71 bits per heavy atom. The van der Waals surface area contributed by atoms with Crippen molar-refractivity contribution in [1.29, 1.82) is 0 Å². The van der Waals surface area contributed by atoms with Crippen molar-refractivity contribution in [2.24, 2.45) is 0 Å². The van der Waals surface area contributed by atoms with Gasteiger partial charge in [-0.25, -0.2) is 9.59 Å². The first-order chi connectivity index (χ1) is 16.5. The Kier molecular flexibility index (Phi) is 5.21. The lowest BCUT2D eigenvalue weighted by Gasteiger charge is -2.12. The Balaban J connectivity index is 1.66. The third kappa shape index (κ3) is 3.43. The number of aromatic nitrogens is 4. The summed E-state index contributed by atoms with van der Waals surface area (Å²) in [6, 6.07) is 19.2. The third-order valence-electron chi connectivity index (χ3n) is 5.62. The van der Waals surface area contributed by atoms with Crippen LogP contribution < -0.4 is 10.5 Å². The molecule has 34 heavy (non-hydrogen) atoms. The molecule has 0 bridgehead atoms. The van der Waals surface area contributed by atoms with Crippen LogP contribution >= 0.6 is 0 Å². The van der Waals surface area contributed by atoms with Gasteiger partial charge in [0.2, 0.25) is 0 Å². The van der Waals surface area contributed by atoms with E-state index >= 15 is 0 Å². The van der Waals surface area contributed by atoms with E-state index in [1.54, 1.807) is 10.6 Å². The molecule has 0 amide bonds. The molecule has 0 atom stereocenters. The summed E-state index contributed by atoms with van der Waals surface area (Å²) in [5, 5.41) is 2.56.